The summed E-state index contributed by atoms with van der Waals surface area (Å²) < 4.78 is 0. The zero-order chi connectivity index (χ0) is 19.5. The van der Waals surface area contributed by atoms with Crippen LogP contribution < -0.4 is 32.9 Å². The van der Waals surface area contributed by atoms with E-state index in [0.717, 1.165) is 25.4 Å². The lowest BCUT2D eigenvalue weighted by Crippen LogP contribution is -3.00. The molecule has 150 valence electrons. The van der Waals surface area contributed by atoms with Crippen molar-refractivity contribution in [2.45, 2.75) is 26.2 Å². The minimum Gasteiger partial charge on any atom is -1.00 e. The summed E-state index contributed by atoms with van der Waals surface area (Å²) in [6.07, 6.45) is 13.5. The topological polar surface area (TPSA) is 0 Å². The minimum atomic E-state index is -1.68. The van der Waals surface area contributed by atoms with Crippen LogP contribution in [-0.2, 0) is 0 Å². The second kappa shape index (κ2) is 12.6. The molecule has 0 bridgehead atoms. The zero-order valence-electron chi connectivity index (χ0n) is 17.1. The van der Waals surface area contributed by atoms with Crippen LogP contribution in [0.25, 0.3) is 0 Å². The molecule has 0 nitrogen and oxygen atoms in total. The van der Waals surface area contributed by atoms with Gasteiger partial charge in [-0.2, -0.15) is 0 Å². The first-order chi connectivity index (χ1) is 13.9. The molecule has 0 aliphatic rings. The highest BCUT2D eigenvalue weighted by molar-refractivity contribution is 7.95. The van der Waals surface area contributed by atoms with Crippen LogP contribution in [-0.4, -0.2) is 6.16 Å². The highest BCUT2D eigenvalue weighted by Crippen LogP contribution is 2.55. The van der Waals surface area contributed by atoms with Crippen LogP contribution in [0.5, 0.6) is 0 Å². The fourth-order valence-corrected chi connectivity index (χ4v) is 7.95. The Bertz CT molecular complexity index is 774. The standard InChI is InChI=1S/C27H30P.BrH/c1-2-3-4-5-6-7-17-24-28(25-18-11-8-12-19-25,26-20-13-9-14-21-26)27-22-15-10-16-23-27;/h3-4,6-16,18-23H,2,5,17,24H2,1H3;1H/q+1;/p-1. The van der Waals surface area contributed by atoms with Gasteiger partial charge in [-0.25, -0.2) is 0 Å². The lowest BCUT2D eigenvalue weighted by molar-refractivity contribution is -0.00000553. The van der Waals surface area contributed by atoms with Crippen LogP contribution >= 0.6 is 7.26 Å². The van der Waals surface area contributed by atoms with E-state index in [9.17, 15) is 0 Å². The van der Waals surface area contributed by atoms with Crippen molar-refractivity contribution in [2.75, 3.05) is 6.16 Å². The van der Waals surface area contributed by atoms with Crippen molar-refractivity contribution in [1.82, 2.24) is 0 Å². The van der Waals surface area contributed by atoms with Crippen molar-refractivity contribution >= 4 is 23.2 Å². The van der Waals surface area contributed by atoms with E-state index < -0.39 is 7.26 Å². The highest BCUT2D eigenvalue weighted by atomic mass is 79.9. The van der Waals surface area contributed by atoms with E-state index in [2.05, 4.69) is 122 Å². The van der Waals surface area contributed by atoms with Gasteiger partial charge in [-0.1, -0.05) is 85.8 Å². The minimum absolute atomic E-state index is 0. The smallest absolute Gasteiger partial charge is 0.112 e. The van der Waals surface area contributed by atoms with E-state index >= 15 is 0 Å². The van der Waals surface area contributed by atoms with Gasteiger partial charge in [0, 0.05) is 6.42 Å². The molecule has 0 aliphatic carbocycles. The Labute approximate surface area is 187 Å². The van der Waals surface area contributed by atoms with Crippen LogP contribution in [0.4, 0.5) is 0 Å². The summed E-state index contributed by atoms with van der Waals surface area (Å²) in [6.45, 7) is 2.18. The number of allylic oxidation sites excluding steroid dienone is 4. The molecule has 3 aromatic rings. The molecule has 0 radical (unpaired) electrons. The Morgan fingerprint density at radius 3 is 1.41 bits per heavy atom. The summed E-state index contributed by atoms with van der Waals surface area (Å²) in [6, 6.07) is 33.4. The summed E-state index contributed by atoms with van der Waals surface area (Å²) >= 11 is 0. The molecule has 29 heavy (non-hydrogen) atoms. The van der Waals surface area contributed by atoms with E-state index in [1.807, 2.05) is 0 Å². The molecule has 0 saturated carbocycles. The van der Waals surface area contributed by atoms with Crippen LogP contribution in [0, 0.1) is 0 Å². The number of hydrogen-bond acceptors (Lipinski definition) is 0. The van der Waals surface area contributed by atoms with Crippen LogP contribution in [0.2, 0.25) is 0 Å². The molecular weight excluding hydrogens is 435 g/mol. The molecule has 0 spiro atoms. The number of halogens is 1. The molecule has 0 fully saturated rings. The molecule has 3 rings (SSSR count). The number of rotatable bonds is 9. The Morgan fingerprint density at radius 1 is 0.586 bits per heavy atom. The second-order valence-corrected chi connectivity index (χ2v) is 10.5. The third-order valence-corrected chi connectivity index (χ3v) is 9.53. The van der Waals surface area contributed by atoms with Gasteiger partial charge < -0.3 is 17.0 Å². The Balaban J connectivity index is 0.00000300. The summed E-state index contributed by atoms with van der Waals surface area (Å²) in [5.74, 6) is 0. The fourth-order valence-electron chi connectivity index (χ4n) is 3.71. The average Bonchev–Trinajstić information content (AvgIpc) is 2.78. The summed E-state index contributed by atoms with van der Waals surface area (Å²) in [7, 11) is -1.68. The Kier molecular flexibility index (Phi) is 10.1. The Hall–Kier alpha value is -1.95. The number of benzene rings is 3. The van der Waals surface area contributed by atoms with Gasteiger partial charge in [0.25, 0.3) is 0 Å². The largest absolute Gasteiger partial charge is 1.00 e. The van der Waals surface area contributed by atoms with Gasteiger partial charge in [-0.3, -0.25) is 0 Å². The molecule has 2 heteroatoms. The van der Waals surface area contributed by atoms with Crippen molar-refractivity contribution in [3.8, 4) is 0 Å². The zero-order valence-corrected chi connectivity index (χ0v) is 19.6. The van der Waals surface area contributed by atoms with E-state index in [4.69, 9.17) is 0 Å². The van der Waals surface area contributed by atoms with Crippen LogP contribution in [0.3, 0.4) is 0 Å². The van der Waals surface area contributed by atoms with Gasteiger partial charge in [0.2, 0.25) is 0 Å². The molecule has 0 amide bonds. The molecular formula is C27H30BrP. The first-order valence-corrected chi connectivity index (χ1v) is 12.2. The lowest BCUT2D eigenvalue weighted by atomic mass is 10.3. The molecule has 0 saturated heterocycles. The molecule has 0 atom stereocenters. The summed E-state index contributed by atoms with van der Waals surface area (Å²) in [5, 5.41) is 4.39. The van der Waals surface area contributed by atoms with Gasteiger partial charge in [0.1, 0.15) is 23.2 Å². The maximum atomic E-state index is 2.36. The highest BCUT2D eigenvalue weighted by Gasteiger charge is 2.44. The first-order valence-electron chi connectivity index (χ1n) is 10.2. The first kappa shape index (κ1) is 23.3. The molecule has 0 unspecified atom stereocenters. The summed E-state index contributed by atoms with van der Waals surface area (Å²) in [5.41, 5.74) is 0. The van der Waals surface area contributed by atoms with Gasteiger partial charge in [0.15, 0.2) is 0 Å². The third kappa shape index (κ3) is 6.01. The third-order valence-electron chi connectivity index (χ3n) is 5.06. The van der Waals surface area contributed by atoms with Crippen molar-refractivity contribution in [3.05, 3.63) is 115 Å². The molecule has 0 heterocycles. The van der Waals surface area contributed by atoms with Crippen LogP contribution in [0.15, 0.2) is 115 Å². The van der Waals surface area contributed by atoms with E-state index in [0.29, 0.717) is 0 Å². The monoisotopic (exact) mass is 464 g/mol. The maximum absolute atomic E-state index is 2.36. The van der Waals surface area contributed by atoms with Crippen molar-refractivity contribution in [1.29, 1.82) is 0 Å². The predicted octanol–water partition coefficient (Wildman–Crippen LogP) is 3.29. The van der Waals surface area contributed by atoms with Gasteiger partial charge >= 0.3 is 0 Å². The van der Waals surface area contributed by atoms with Crippen molar-refractivity contribution in [3.63, 3.8) is 0 Å². The quantitative estimate of drug-likeness (QED) is 0.336. The molecule has 0 N–H and O–H groups in total. The maximum Gasteiger partial charge on any atom is 0.112 e. The molecule has 0 aliphatic heterocycles. The Morgan fingerprint density at radius 2 is 1.00 bits per heavy atom. The van der Waals surface area contributed by atoms with Gasteiger partial charge in [-0.05, 0) is 49.2 Å². The second-order valence-electron chi connectivity index (χ2n) is 6.92. The van der Waals surface area contributed by atoms with Gasteiger partial charge in [-0.15, -0.1) is 0 Å². The molecule has 3 aromatic carbocycles. The molecule has 0 aromatic heterocycles. The number of hydrogen-bond donors (Lipinski definition) is 0. The van der Waals surface area contributed by atoms with E-state index in [-0.39, 0.29) is 17.0 Å². The normalized spacial score (nSPS) is 11.6. The predicted molar refractivity (Wildman–Crippen MR) is 128 cm³/mol. The summed E-state index contributed by atoms with van der Waals surface area (Å²) in [4.78, 5) is 0. The van der Waals surface area contributed by atoms with Crippen molar-refractivity contribution in [2.24, 2.45) is 0 Å². The van der Waals surface area contributed by atoms with E-state index in [1.165, 1.54) is 15.9 Å². The van der Waals surface area contributed by atoms with Gasteiger partial charge in [0.05, 0.1) is 6.16 Å². The SMILES string of the molecule is CCC=CCC=CCC[P+](c1ccccc1)(c1ccccc1)c1ccccc1.[Br-]. The average molecular weight is 465 g/mol. The fraction of sp³-hybridized carbons (Fsp3) is 0.185. The van der Waals surface area contributed by atoms with E-state index in [1.54, 1.807) is 0 Å². The van der Waals surface area contributed by atoms with Crippen LogP contribution in [0.1, 0.15) is 26.2 Å². The van der Waals surface area contributed by atoms with Crippen molar-refractivity contribution < 1.29 is 17.0 Å². The lowest BCUT2D eigenvalue weighted by Gasteiger charge is -2.27.